The first-order valence-corrected chi connectivity index (χ1v) is 14.7. The summed E-state index contributed by atoms with van der Waals surface area (Å²) >= 11 is 1.74. The first-order chi connectivity index (χ1) is 11.1. The quantitative estimate of drug-likeness (QED) is 0.324. The maximum Gasteiger partial charge on any atom is -0.0488 e. The fourth-order valence-electron chi connectivity index (χ4n) is 2.67. The molecule has 0 spiro atoms. The minimum absolute atomic E-state index is 0. The van der Waals surface area contributed by atoms with Gasteiger partial charge in [-0.3, -0.25) is 0 Å². The molecule has 0 saturated heterocycles. The molecular weight excluding hydrogens is 454 g/mol. The van der Waals surface area contributed by atoms with Crippen molar-refractivity contribution in [2.45, 2.75) is 54.6 Å². The number of benzene rings is 1. The van der Waals surface area contributed by atoms with Crippen LogP contribution in [0.5, 0.6) is 0 Å². The predicted molar refractivity (Wildman–Crippen MR) is 107 cm³/mol. The summed E-state index contributed by atoms with van der Waals surface area (Å²) in [4.78, 5) is 0. The van der Waals surface area contributed by atoms with Crippen molar-refractivity contribution >= 4 is 16.2 Å². The van der Waals surface area contributed by atoms with E-state index in [2.05, 4.69) is 91.0 Å². The van der Waals surface area contributed by atoms with Crippen LogP contribution in [0.3, 0.4) is 0 Å². The van der Waals surface area contributed by atoms with Gasteiger partial charge in [-0.1, -0.05) is 46.2 Å². The first kappa shape index (κ1) is 28.1. The Morgan fingerprint density at radius 3 is 1.73 bits per heavy atom. The van der Waals surface area contributed by atoms with Crippen LogP contribution >= 0.6 is 0 Å². The molecule has 0 N–H and O–H groups in total. The molecule has 142 valence electrons. The minimum Gasteiger partial charge on any atom is -1.00 e. The number of fused-ring (bicyclic) bond motifs is 1. The van der Waals surface area contributed by atoms with Crippen LogP contribution < -0.4 is 24.8 Å². The molecule has 0 aliphatic rings. The van der Waals surface area contributed by atoms with Gasteiger partial charge in [0.05, 0.1) is 0 Å². The fourth-order valence-corrected chi connectivity index (χ4v) is 2.67. The van der Waals surface area contributed by atoms with E-state index in [1.54, 1.807) is 23.3 Å². The van der Waals surface area contributed by atoms with Gasteiger partial charge in [-0.05, 0) is 6.92 Å². The second-order valence-corrected chi connectivity index (χ2v) is 16.2. The van der Waals surface area contributed by atoms with Gasteiger partial charge in [-0.15, -0.1) is 28.5 Å². The average Bonchev–Trinajstić information content (AvgIpc) is 3.07. The normalized spacial score (nSPS) is 9.15. The summed E-state index contributed by atoms with van der Waals surface area (Å²) in [6.07, 6.45) is 0. The number of hydrogen-bond acceptors (Lipinski definition) is 0. The SMILES string of the molecule is C[Si](C)=[Zr+2].Cc1c[c-](C)c(C)c1C.Cc1ccc(C)c2[cH-]ccc12.[Cl-].[Cl-]. The number of hydrogen-bond donors (Lipinski definition) is 0. The van der Waals surface area contributed by atoms with E-state index in [0.29, 0.717) is 0 Å². The largest absolute Gasteiger partial charge is 1.00 e. The molecule has 0 saturated carbocycles. The van der Waals surface area contributed by atoms with Crippen molar-refractivity contribution in [2.75, 3.05) is 0 Å². The van der Waals surface area contributed by atoms with Crippen molar-refractivity contribution < 1.29 is 48.1 Å². The van der Waals surface area contributed by atoms with Crippen LogP contribution in [0.15, 0.2) is 36.4 Å². The number of halogens is 2. The Morgan fingerprint density at radius 2 is 1.38 bits per heavy atom. The maximum atomic E-state index is 2.31. The zero-order valence-electron chi connectivity index (χ0n) is 17.2. The van der Waals surface area contributed by atoms with Gasteiger partial charge in [0, 0.05) is 0 Å². The Kier molecular flexibility index (Phi) is 14.2. The zero-order valence-corrected chi connectivity index (χ0v) is 22.2. The standard InChI is InChI=1S/C11H11.C9H13.C2H6Si.2ClH.Zr/c1-8-6-7-9(2)11-5-3-4-10(8)11;1-6-5-7(2)9(4)8(6)3;1-3-2;;;/h3-7H,1-2H3;5H,1-4H3;1-2H3;2*1H;/q2*-1;;;;+2/p-2. The van der Waals surface area contributed by atoms with Gasteiger partial charge in [0.25, 0.3) is 0 Å². The van der Waals surface area contributed by atoms with E-state index in [1.165, 1.54) is 44.2 Å². The second kappa shape index (κ2) is 13.1. The van der Waals surface area contributed by atoms with Crippen LogP contribution in [-0.2, 0) is 23.3 Å². The molecule has 0 aromatic heterocycles. The average molecular weight is 485 g/mol. The van der Waals surface area contributed by atoms with Gasteiger partial charge >= 0.3 is 41.9 Å². The zero-order chi connectivity index (χ0) is 18.4. The van der Waals surface area contributed by atoms with Gasteiger partial charge in [0.1, 0.15) is 0 Å². The van der Waals surface area contributed by atoms with E-state index in [-0.39, 0.29) is 30.2 Å². The maximum absolute atomic E-state index is 2.31. The first-order valence-electron chi connectivity index (χ1n) is 8.48. The minimum atomic E-state index is 0. The Labute approximate surface area is 187 Å². The van der Waals surface area contributed by atoms with Crippen LogP contribution in [-0.4, -0.2) is 5.43 Å². The van der Waals surface area contributed by atoms with E-state index in [9.17, 15) is 0 Å². The Bertz CT molecular complexity index is 766. The van der Waals surface area contributed by atoms with Crippen LogP contribution in [0.4, 0.5) is 0 Å². The number of aryl methyl sites for hydroxylation is 4. The predicted octanol–water partition coefficient (Wildman–Crippen LogP) is 0.607. The van der Waals surface area contributed by atoms with E-state index in [1.807, 2.05) is 0 Å². The van der Waals surface area contributed by atoms with Gasteiger partial charge in [-0.2, -0.15) is 40.5 Å². The molecule has 0 unspecified atom stereocenters. The van der Waals surface area contributed by atoms with Crippen molar-refractivity contribution in [3.05, 3.63) is 69.8 Å². The van der Waals surface area contributed by atoms with Crippen molar-refractivity contribution in [3.63, 3.8) is 0 Å². The summed E-state index contributed by atoms with van der Waals surface area (Å²) in [5, 5.41) is 2.79. The fraction of sp³-hybridized carbons (Fsp3) is 0.364. The Morgan fingerprint density at radius 1 is 0.885 bits per heavy atom. The summed E-state index contributed by atoms with van der Waals surface area (Å²) in [6, 6.07) is 13.1. The summed E-state index contributed by atoms with van der Waals surface area (Å²) in [5.41, 5.74) is 8.70. The monoisotopic (exact) mass is 482 g/mol. The van der Waals surface area contributed by atoms with Crippen molar-refractivity contribution in [1.82, 2.24) is 0 Å². The van der Waals surface area contributed by atoms with Gasteiger partial charge in [0.2, 0.25) is 0 Å². The molecule has 3 aromatic rings. The molecule has 0 heterocycles. The Balaban J connectivity index is 0. The topological polar surface area (TPSA) is 0 Å². The molecule has 0 aliphatic carbocycles. The third-order valence-corrected chi connectivity index (χ3v) is 4.43. The molecule has 0 bridgehead atoms. The molecule has 3 aromatic carbocycles. The van der Waals surface area contributed by atoms with Gasteiger partial charge in [0.15, 0.2) is 0 Å². The van der Waals surface area contributed by atoms with Crippen LogP contribution in [0.25, 0.3) is 10.8 Å². The summed E-state index contributed by atoms with van der Waals surface area (Å²) in [5.74, 6) is 0. The summed E-state index contributed by atoms with van der Waals surface area (Å²) in [7, 11) is 0. The van der Waals surface area contributed by atoms with Crippen LogP contribution in [0.1, 0.15) is 33.4 Å². The number of rotatable bonds is 0. The molecule has 4 heteroatoms. The Hall–Kier alpha value is -0.140. The van der Waals surface area contributed by atoms with Crippen molar-refractivity contribution in [3.8, 4) is 0 Å². The van der Waals surface area contributed by atoms with E-state index >= 15 is 0 Å². The molecule has 0 nitrogen and oxygen atoms in total. The molecule has 0 amide bonds. The summed E-state index contributed by atoms with van der Waals surface area (Å²) in [6.45, 7) is 17.6. The molecule has 0 atom stereocenters. The van der Waals surface area contributed by atoms with E-state index in [4.69, 9.17) is 0 Å². The van der Waals surface area contributed by atoms with E-state index < -0.39 is 0 Å². The summed E-state index contributed by atoms with van der Waals surface area (Å²) < 4.78 is 0. The molecule has 3 rings (SSSR count). The molecule has 0 fully saturated rings. The molecule has 0 aliphatic heterocycles. The molecule has 0 radical (unpaired) electrons. The van der Waals surface area contributed by atoms with Crippen molar-refractivity contribution in [1.29, 1.82) is 0 Å². The van der Waals surface area contributed by atoms with Crippen LogP contribution in [0, 0.1) is 41.5 Å². The smallest absolute Gasteiger partial charge is 0.0488 e. The van der Waals surface area contributed by atoms with E-state index in [0.717, 1.165) is 0 Å². The third kappa shape index (κ3) is 8.26. The van der Waals surface area contributed by atoms with Crippen LogP contribution in [0.2, 0.25) is 13.1 Å². The third-order valence-electron chi connectivity index (χ3n) is 4.43. The van der Waals surface area contributed by atoms with Gasteiger partial charge < -0.3 is 24.8 Å². The molecule has 26 heavy (non-hydrogen) atoms. The van der Waals surface area contributed by atoms with Gasteiger partial charge in [-0.25, -0.2) is 0 Å². The van der Waals surface area contributed by atoms with Crippen molar-refractivity contribution in [2.24, 2.45) is 0 Å². The second-order valence-electron chi connectivity index (χ2n) is 6.81. The molecular formula is C22H30Cl2SiZr-2.